The second-order valence-electron chi connectivity index (χ2n) is 7.21. The third-order valence-corrected chi connectivity index (χ3v) is 3.88. The molecule has 0 spiro atoms. The van der Waals surface area contributed by atoms with Crippen molar-refractivity contribution < 1.29 is 33.2 Å². The first-order chi connectivity index (χ1) is 11.8. The molecule has 0 aromatic carbocycles. The van der Waals surface area contributed by atoms with Gasteiger partial charge >= 0.3 is 0 Å². The first-order valence-corrected chi connectivity index (χ1v) is 8.81. The summed E-state index contributed by atoms with van der Waals surface area (Å²) in [4.78, 5) is 0. The maximum absolute atomic E-state index is 5.85. The van der Waals surface area contributed by atoms with Crippen LogP contribution < -0.4 is 0 Å². The quantitative estimate of drug-likeness (QED) is 0.551. The molecule has 2 saturated heterocycles. The van der Waals surface area contributed by atoms with Crippen LogP contribution in [0.2, 0.25) is 0 Å². The first kappa shape index (κ1) is 20.8. The summed E-state index contributed by atoms with van der Waals surface area (Å²) in [5.41, 5.74) is 0. The summed E-state index contributed by atoms with van der Waals surface area (Å²) >= 11 is 0. The van der Waals surface area contributed by atoms with E-state index in [4.69, 9.17) is 33.2 Å². The molecule has 25 heavy (non-hydrogen) atoms. The van der Waals surface area contributed by atoms with Gasteiger partial charge in [-0.05, 0) is 27.7 Å². The molecule has 7 heteroatoms. The van der Waals surface area contributed by atoms with Gasteiger partial charge in [-0.2, -0.15) is 0 Å². The summed E-state index contributed by atoms with van der Waals surface area (Å²) in [6, 6.07) is 0. The number of ether oxygens (including phenoxy) is 7. The van der Waals surface area contributed by atoms with E-state index in [2.05, 4.69) is 6.58 Å². The Morgan fingerprint density at radius 2 is 1.72 bits per heavy atom. The van der Waals surface area contributed by atoms with Crippen LogP contribution in [0.15, 0.2) is 12.7 Å². The minimum Gasteiger partial charge on any atom is -0.376 e. The van der Waals surface area contributed by atoms with Gasteiger partial charge in [0.1, 0.15) is 18.3 Å². The summed E-state index contributed by atoms with van der Waals surface area (Å²) < 4.78 is 39.7. The van der Waals surface area contributed by atoms with Crippen LogP contribution in [0.3, 0.4) is 0 Å². The van der Waals surface area contributed by atoms with Crippen molar-refractivity contribution in [2.24, 2.45) is 0 Å². The minimum atomic E-state index is -0.543. The van der Waals surface area contributed by atoms with Crippen molar-refractivity contribution in [3.05, 3.63) is 12.7 Å². The van der Waals surface area contributed by atoms with Gasteiger partial charge in [0, 0.05) is 0 Å². The molecule has 0 saturated carbocycles. The Morgan fingerprint density at radius 1 is 1.04 bits per heavy atom. The Bertz CT molecular complexity index is 400. The van der Waals surface area contributed by atoms with Crippen LogP contribution in [0.1, 0.15) is 27.7 Å². The molecule has 0 aromatic heterocycles. The highest BCUT2D eigenvalue weighted by atomic mass is 16.7. The van der Waals surface area contributed by atoms with E-state index in [1.54, 1.807) is 6.08 Å². The van der Waals surface area contributed by atoms with Crippen molar-refractivity contribution >= 4 is 0 Å². The predicted molar refractivity (Wildman–Crippen MR) is 91.4 cm³/mol. The minimum absolute atomic E-state index is 0.0571. The lowest BCUT2D eigenvalue weighted by atomic mass is 10.3. The Labute approximate surface area is 150 Å². The van der Waals surface area contributed by atoms with Crippen LogP contribution in [-0.4, -0.2) is 76.1 Å². The van der Waals surface area contributed by atoms with Gasteiger partial charge < -0.3 is 33.2 Å². The van der Waals surface area contributed by atoms with Crippen LogP contribution in [0.5, 0.6) is 0 Å². The maximum atomic E-state index is 5.85. The fourth-order valence-electron chi connectivity index (χ4n) is 2.54. The first-order valence-electron chi connectivity index (χ1n) is 8.81. The molecule has 0 radical (unpaired) electrons. The zero-order valence-corrected chi connectivity index (χ0v) is 15.8. The topological polar surface area (TPSA) is 64.6 Å². The van der Waals surface area contributed by atoms with Crippen LogP contribution in [0.25, 0.3) is 0 Å². The third-order valence-electron chi connectivity index (χ3n) is 3.88. The summed E-state index contributed by atoms with van der Waals surface area (Å²) in [6.45, 7) is 14.5. The van der Waals surface area contributed by atoms with Gasteiger partial charge in [0.15, 0.2) is 11.6 Å². The predicted octanol–water partition coefficient (Wildman–Crippen LogP) is 1.89. The molecule has 2 fully saturated rings. The van der Waals surface area contributed by atoms with Crippen molar-refractivity contribution in [3.8, 4) is 0 Å². The molecule has 0 aromatic rings. The molecule has 0 aliphatic carbocycles. The van der Waals surface area contributed by atoms with E-state index in [-0.39, 0.29) is 18.3 Å². The molecule has 2 unspecified atom stereocenters. The zero-order valence-electron chi connectivity index (χ0n) is 15.8. The van der Waals surface area contributed by atoms with E-state index in [0.717, 1.165) is 0 Å². The molecule has 2 aliphatic rings. The van der Waals surface area contributed by atoms with Crippen molar-refractivity contribution in [3.63, 3.8) is 0 Å². The SMILES string of the molecule is C=CCOC(COCC1COC(C)(C)O1)COC1COC(C)(C)OC1. The van der Waals surface area contributed by atoms with Crippen molar-refractivity contribution in [2.45, 2.75) is 57.6 Å². The van der Waals surface area contributed by atoms with Crippen LogP contribution in [0, 0.1) is 0 Å². The average molecular weight is 360 g/mol. The largest absolute Gasteiger partial charge is 0.376 e. The standard InChI is InChI=1S/C18H32O7/c1-6-7-20-14(8-19-9-16-13-24-18(4,5)25-16)10-21-15-11-22-17(2,3)23-12-15/h6,14-16H,1,7-13H2,2-5H3. The van der Waals surface area contributed by atoms with Gasteiger partial charge in [0.25, 0.3) is 0 Å². The monoisotopic (exact) mass is 360 g/mol. The third kappa shape index (κ3) is 7.70. The van der Waals surface area contributed by atoms with Gasteiger partial charge in [-0.15, -0.1) is 6.58 Å². The molecule has 0 amide bonds. The fraction of sp³-hybridized carbons (Fsp3) is 0.889. The lowest BCUT2D eigenvalue weighted by Crippen LogP contribution is -2.44. The zero-order chi connectivity index (χ0) is 18.3. The van der Waals surface area contributed by atoms with Crippen LogP contribution in [0.4, 0.5) is 0 Å². The highest BCUT2D eigenvalue weighted by Crippen LogP contribution is 2.22. The van der Waals surface area contributed by atoms with Crippen molar-refractivity contribution in [1.29, 1.82) is 0 Å². The highest BCUT2D eigenvalue weighted by molar-refractivity contribution is 4.72. The summed E-state index contributed by atoms with van der Waals surface area (Å²) in [7, 11) is 0. The molecule has 2 atom stereocenters. The second-order valence-corrected chi connectivity index (χ2v) is 7.21. The van der Waals surface area contributed by atoms with E-state index >= 15 is 0 Å². The normalized spacial score (nSPS) is 27.3. The summed E-state index contributed by atoms with van der Waals surface area (Å²) in [5.74, 6) is -1.08. The van der Waals surface area contributed by atoms with Gasteiger partial charge in [-0.25, -0.2) is 0 Å². The smallest absolute Gasteiger partial charge is 0.163 e. The maximum Gasteiger partial charge on any atom is 0.163 e. The van der Waals surface area contributed by atoms with E-state index in [9.17, 15) is 0 Å². The number of hydrogen-bond acceptors (Lipinski definition) is 7. The number of hydrogen-bond donors (Lipinski definition) is 0. The highest BCUT2D eigenvalue weighted by Gasteiger charge is 2.33. The molecule has 2 aliphatic heterocycles. The van der Waals surface area contributed by atoms with Crippen molar-refractivity contribution in [1.82, 2.24) is 0 Å². The van der Waals surface area contributed by atoms with Gasteiger partial charge in [-0.3, -0.25) is 0 Å². The molecule has 146 valence electrons. The van der Waals surface area contributed by atoms with E-state index in [0.29, 0.717) is 46.2 Å². The average Bonchev–Trinajstić information content (AvgIpc) is 2.89. The lowest BCUT2D eigenvalue weighted by Gasteiger charge is -2.35. The molecular weight excluding hydrogens is 328 g/mol. The lowest BCUT2D eigenvalue weighted by molar-refractivity contribution is -0.281. The molecular formula is C18H32O7. The number of rotatable bonds is 10. The molecule has 7 nitrogen and oxygen atoms in total. The molecule has 0 bridgehead atoms. The van der Waals surface area contributed by atoms with E-state index < -0.39 is 11.6 Å². The Kier molecular flexibility index (Phi) is 7.82. The molecule has 0 N–H and O–H groups in total. The fourth-order valence-corrected chi connectivity index (χ4v) is 2.54. The van der Waals surface area contributed by atoms with Crippen molar-refractivity contribution in [2.75, 3.05) is 46.2 Å². The molecule has 2 heterocycles. The second kappa shape index (κ2) is 9.41. The Balaban J connectivity index is 1.66. The summed E-state index contributed by atoms with van der Waals surface area (Å²) in [5, 5.41) is 0. The summed E-state index contributed by atoms with van der Waals surface area (Å²) in [6.07, 6.45) is 1.36. The van der Waals surface area contributed by atoms with E-state index in [1.165, 1.54) is 0 Å². The Hall–Kier alpha value is -0.540. The van der Waals surface area contributed by atoms with Crippen LogP contribution >= 0.6 is 0 Å². The van der Waals surface area contributed by atoms with E-state index in [1.807, 2.05) is 27.7 Å². The molecule has 2 rings (SSSR count). The van der Waals surface area contributed by atoms with Crippen LogP contribution in [-0.2, 0) is 33.2 Å². The Morgan fingerprint density at radius 3 is 2.32 bits per heavy atom. The van der Waals surface area contributed by atoms with Gasteiger partial charge in [-0.1, -0.05) is 6.08 Å². The van der Waals surface area contributed by atoms with Gasteiger partial charge in [0.05, 0.1) is 46.2 Å². The van der Waals surface area contributed by atoms with Gasteiger partial charge in [0.2, 0.25) is 0 Å².